The smallest absolute Gasteiger partial charge is 0.0162 e. The topological polar surface area (TPSA) is 0 Å². The second-order valence-electron chi connectivity index (χ2n) is 9.46. The van der Waals surface area contributed by atoms with Crippen molar-refractivity contribution in [3.05, 3.63) is 59.7 Å². The molecule has 0 aromatic heterocycles. The van der Waals surface area contributed by atoms with Crippen molar-refractivity contribution in [3.8, 4) is 11.1 Å². The second-order valence-corrected chi connectivity index (χ2v) is 9.46. The van der Waals surface area contributed by atoms with Crippen molar-refractivity contribution in [1.82, 2.24) is 0 Å². The van der Waals surface area contributed by atoms with Crippen molar-refractivity contribution in [2.75, 3.05) is 0 Å². The van der Waals surface area contributed by atoms with Crippen LogP contribution in [0.2, 0.25) is 0 Å². The van der Waals surface area contributed by atoms with Gasteiger partial charge < -0.3 is 0 Å². The first-order valence-corrected chi connectivity index (χ1v) is 11.8. The number of hydrogen-bond acceptors (Lipinski definition) is 0. The molecule has 3 rings (SSSR count). The van der Waals surface area contributed by atoms with Gasteiger partial charge in [0.15, 0.2) is 0 Å². The average Bonchev–Trinajstić information content (AvgIpc) is 2.73. The van der Waals surface area contributed by atoms with Gasteiger partial charge in [-0.05, 0) is 78.5 Å². The maximum absolute atomic E-state index is 2.39. The van der Waals surface area contributed by atoms with E-state index in [2.05, 4.69) is 69.3 Å². The van der Waals surface area contributed by atoms with E-state index in [1.165, 1.54) is 80.9 Å². The molecule has 2 aromatic carbocycles. The minimum absolute atomic E-state index is 0.783. The lowest BCUT2D eigenvalue weighted by Gasteiger charge is -2.29. The summed E-state index contributed by atoms with van der Waals surface area (Å²) in [5, 5.41) is 0. The van der Waals surface area contributed by atoms with Gasteiger partial charge in [0.25, 0.3) is 0 Å². The molecular weight excluding hydrogens is 336 g/mol. The molecule has 152 valence electrons. The standard InChI is InChI=1S/C28H40/c1-4-5-6-7-23-10-14-25(15-11-23)27-18-20-28(21-19-27)26-16-12-24(13-17-26)9-8-22(2)3/h10-11,14-15,18-22,24,26H,4-9,12-13,16-17H2,1-3H3. The molecule has 0 heteroatoms. The molecular formula is C28H40. The third-order valence-corrected chi connectivity index (χ3v) is 6.74. The third kappa shape index (κ3) is 6.23. The summed E-state index contributed by atoms with van der Waals surface area (Å²) in [7, 11) is 0. The van der Waals surface area contributed by atoms with Gasteiger partial charge in [0.1, 0.15) is 0 Å². The van der Waals surface area contributed by atoms with Crippen LogP contribution in [0.5, 0.6) is 0 Å². The monoisotopic (exact) mass is 376 g/mol. The Bertz CT molecular complexity index is 669. The van der Waals surface area contributed by atoms with E-state index >= 15 is 0 Å². The van der Waals surface area contributed by atoms with E-state index in [1.807, 2.05) is 0 Å². The van der Waals surface area contributed by atoms with Gasteiger partial charge in [-0.3, -0.25) is 0 Å². The Morgan fingerprint density at radius 1 is 0.786 bits per heavy atom. The summed E-state index contributed by atoms with van der Waals surface area (Å²) < 4.78 is 0. The lowest BCUT2D eigenvalue weighted by Crippen LogP contribution is -2.14. The Labute approximate surface area is 173 Å². The van der Waals surface area contributed by atoms with E-state index in [0.29, 0.717) is 0 Å². The number of unbranched alkanes of at least 4 members (excludes halogenated alkanes) is 2. The summed E-state index contributed by atoms with van der Waals surface area (Å²) in [4.78, 5) is 0. The zero-order valence-electron chi connectivity index (χ0n) is 18.4. The first-order chi connectivity index (χ1) is 13.7. The lowest BCUT2D eigenvalue weighted by atomic mass is 9.76. The van der Waals surface area contributed by atoms with Crippen molar-refractivity contribution in [3.63, 3.8) is 0 Å². The molecule has 0 spiro atoms. The molecule has 0 nitrogen and oxygen atoms in total. The molecule has 0 amide bonds. The van der Waals surface area contributed by atoms with Crippen LogP contribution in [0, 0.1) is 11.8 Å². The third-order valence-electron chi connectivity index (χ3n) is 6.74. The van der Waals surface area contributed by atoms with Gasteiger partial charge in [-0.2, -0.15) is 0 Å². The largest absolute Gasteiger partial charge is 0.0654 e. The van der Waals surface area contributed by atoms with E-state index in [4.69, 9.17) is 0 Å². The highest BCUT2D eigenvalue weighted by Gasteiger charge is 2.22. The van der Waals surface area contributed by atoms with Gasteiger partial charge in [-0.25, -0.2) is 0 Å². The lowest BCUT2D eigenvalue weighted by molar-refractivity contribution is 0.293. The van der Waals surface area contributed by atoms with Crippen LogP contribution in [0.15, 0.2) is 48.5 Å². The van der Waals surface area contributed by atoms with Gasteiger partial charge in [-0.15, -0.1) is 0 Å². The zero-order valence-corrected chi connectivity index (χ0v) is 18.4. The maximum atomic E-state index is 2.39. The quantitative estimate of drug-likeness (QED) is 0.383. The predicted molar refractivity (Wildman–Crippen MR) is 124 cm³/mol. The van der Waals surface area contributed by atoms with Crippen LogP contribution in [0.1, 0.15) is 95.6 Å². The van der Waals surface area contributed by atoms with Crippen LogP contribution in [0.4, 0.5) is 0 Å². The molecule has 0 heterocycles. The van der Waals surface area contributed by atoms with Crippen molar-refractivity contribution in [2.24, 2.45) is 11.8 Å². The highest BCUT2D eigenvalue weighted by atomic mass is 14.3. The molecule has 0 unspecified atom stereocenters. The van der Waals surface area contributed by atoms with Crippen molar-refractivity contribution >= 4 is 0 Å². The number of benzene rings is 2. The molecule has 0 N–H and O–H groups in total. The van der Waals surface area contributed by atoms with E-state index in [-0.39, 0.29) is 0 Å². The summed E-state index contributed by atoms with van der Waals surface area (Å²) in [6.45, 7) is 6.98. The Kier molecular flexibility index (Phi) is 8.19. The number of rotatable bonds is 9. The fourth-order valence-electron chi connectivity index (χ4n) is 4.74. The molecule has 0 radical (unpaired) electrons. The Morgan fingerprint density at radius 3 is 1.96 bits per heavy atom. The van der Waals surface area contributed by atoms with Crippen LogP contribution < -0.4 is 0 Å². The molecule has 1 fully saturated rings. The Balaban J connectivity index is 1.52. The number of hydrogen-bond donors (Lipinski definition) is 0. The molecule has 1 saturated carbocycles. The average molecular weight is 377 g/mol. The highest BCUT2D eigenvalue weighted by Crippen LogP contribution is 2.38. The molecule has 1 aliphatic rings. The molecule has 1 aliphatic carbocycles. The molecule has 0 aliphatic heterocycles. The van der Waals surface area contributed by atoms with Crippen LogP contribution in [0.25, 0.3) is 11.1 Å². The van der Waals surface area contributed by atoms with Crippen LogP contribution in [0.3, 0.4) is 0 Å². The molecule has 0 saturated heterocycles. The SMILES string of the molecule is CCCCCc1ccc(-c2ccc(C3CCC(CCC(C)C)CC3)cc2)cc1. The zero-order chi connectivity index (χ0) is 19.8. The normalized spacial score (nSPS) is 19.9. The van der Waals surface area contributed by atoms with Crippen molar-refractivity contribution in [1.29, 1.82) is 0 Å². The second kappa shape index (κ2) is 10.8. The minimum Gasteiger partial charge on any atom is -0.0654 e. The van der Waals surface area contributed by atoms with Gasteiger partial charge >= 0.3 is 0 Å². The fraction of sp³-hybridized carbons (Fsp3) is 0.571. The molecule has 28 heavy (non-hydrogen) atoms. The maximum Gasteiger partial charge on any atom is -0.0162 e. The van der Waals surface area contributed by atoms with Gasteiger partial charge in [0, 0.05) is 0 Å². The number of aryl methyl sites for hydroxylation is 1. The Morgan fingerprint density at radius 2 is 1.39 bits per heavy atom. The van der Waals surface area contributed by atoms with E-state index in [0.717, 1.165) is 17.8 Å². The van der Waals surface area contributed by atoms with Crippen molar-refractivity contribution in [2.45, 2.75) is 90.9 Å². The van der Waals surface area contributed by atoms with E-state index in [9.17, 15) is 0 Å². The van der Waals surface area contributed by atoms with Gasteiger partial charge in [0.2, 0.25) is 0 Å². The van der Waals surface area contributed by atoms with E-state index in [1.54, 1.807) is 5.56 Å². The Hall–Kier alpha value is -1.56. The van der Waals surface area contributed by atoms with Gasteiger partial charge in [0.05, 0.1) is 0 Å². The summed E-state index contributed by atoms with van der Waals surface area (Å²) in [6, 6.07) is 18.7. The first kappa shape index (κ1) is 21.2. The predicted octanol–water partition coefficient (Wildman–Crippen LogP) is 8.80. The summed E-state index contributed by atoms with van der Waals surface area (Å²) in [6.07, 6.45) is 13.6. The summed E-state index contributed by atoms with van der Waals surface area (Å²) in [5.74, 6) is 2.62. The summed E-state index contributed by atoms with van der Waals surface area (Å²) in [5.41, 5.74) is 5.74. The van der Waals surface area contributed by atoms with Gasteiger partial charge in [-0.1, -0.05) is 95.0 Å². The molecule has 2 aromatic rings. The highest BCUT2D eigenvalue weighted by molar-refractivity contribution is 5.64. The van der Waals surface area contributed by atoms with Crippen LogP contribution >= 0.6 is 0 Å². The minimum atomic E-state index is 0.783. The molecule has 0 bridgehead atoms. The first-order valence-electron chi connectivity index (χ1n) is 11.8. The summed E-state index contributed by atoms with van der Waals surface area (Å²) >= 11 is 0. The van der Waals surface area contributed by atoms with Crippen LogP contribution in [-0.2, 0) is 6.42 Å². The van der Waals surface area contributed by atoms with Crippen molar-refractivity contribution < 1.29 is 0 Å². The van der Waals surface area contributed by atoms with Crippen LogP contribution in [-0.4, -0.2) is 0 Å². The molecule has 0 atom stereocenters. The van der Waals surface area contributed by atoms with E-state index < -0.39 is 0 Å². The fourth-order valence-corrected chi connectivity index (χ4v) is 4.74.